The van der Waals surface area contributed by atoms with Crippen LogP contribution in [0, 0.1) is 5.92 Å². The second-order valence-corrected chi connectivity index (χ2v) is 3.77. The van der Waals surface area contributed by atoms with Crippen LogP contribution in [0.25, 0.3) is 0 Å². The molecule has 0 N–H and O–H groups in total. The van der Waals surface area contributed by atoms with Crippen LogP contribution in [0.1, 0.15) is 19.8 Å². The Morgan fingerprint density at radius 1 is 0.769 bits per heavy atom. The second kappa shape index (κ2) is 4.94. The lowest BCUT2D eigenvalue weighted by atomic mass is 9.84. The van der Waals surface area contributed by atoms with Crippen molar-refractivity contribution in [3.8, 4) is 0 Å². The Balaban J connectivity index is 2.54. The van der Waals surface area contributed by atoms with E-state index in [-0.39, 0.29) is 12.2 Å². The number of hydrogen-bond donors (Lipinski definition) is 0. The first-order valence-corrected chi connectivity index (χ1v) is 4.81. The normalized spacial score (nSPS) is 40.6. The van der Waals surface area contributed by atoms with E-state index in [1.807, 2.05) is 0 Å². The van der Waals surface area contributed by atoms with Gasteiger partial charge in [0.1, 0.15) is 0 Å². The molecule has 0 aromatic rings. The first kappa shape index (κ1) is 11.0. The predicted molar refractivity (Wildman–Crippen MR) is 50.8 cm³/mol. The smallest absolute Gasteiger partial charge is 0.0857 e. The van der Waals surface area contributed by atoms with E-state index in [1.54, 1.807) is 21.3 Å². The highest BCUT2D eigenvalue weighted by Crippen LogP contribution is 2.29. The van der Waals surface area contributed by atoms with Gasteiger partial charge >= 0.3 is 0 Å². The van der Waals surface area contributed by atoms with E-state index >= 15 is 0 Å². The van der Waals surface area contributed by atoms with Gasteiger partial charge in [-0.05, 0) is 12.3 Å². The van der Waals surface area contributed by atoms with Gasteiger partial charge in [-0.25, -0.2) is 0 Å². The van der Waals surface area contributed by atoms with E-state index in [4.69, 9.17) is 14.2 Å². The molecule has 0 radical (unpaired) electrons. The Labute approximate surface area is 80.4 Å². The Morgan fingerprint density at radius 3 is 1.69 bits per heavy atom. The van der Waals surface area contributed by atoms with E-state index in [0.717, 1.165) is 12.8 Å². The van der Waals surface area contributed by atoms with E-state index in [0.29, 0.717) is 12.0 Å². The predicted octanol–water partition coefficient (Wildman–Crippen LogP) is 1.46. The molecule has 0 aliphatic heterocycles. The fourth-order valence-electron chi connectivity index (χ4n) is 2.11. The molecule has 1 aliphatic carbocycles. The molecule has 1 saturated carbocycles. The van der Waals surface area contributed by atoms with Crippen LogP contribution in [-0.2, 0) is 14.2 Å². The van der Waals surface area contributed by atoms with Gasteiger partial charge in [0.2, 0.25) is 0 Å². The standard InChI is InChI=1S/C10H20O3/c1-7-5-9(12-3)10(13-4)6-8(7)11-2/h7-10H,5-6H2,1-4H3. The molecule has 13 heavy (non-hydrogen) atoms. The maximum atomic E-state index is 5.39. The molecule has 0 spiro atoms. The van der Waals surface area contributed by atoms with Crippen LogP contribution in [-0.4, -0.2) is 39.6 Å². The number of hydrogen-bond acceptors (Lipinski definition) is 3. The van der Waals surface area contributed by atoms with Crippen molar-refractivity contribution in [3.05, 3.63) is 0 Å². The summed E-state index contributed by atoms with van der Waals surface area (Å²) in [6.45, 7) is 2.20. The minimum atomic E-state index is 0.186. The summed E-state index contributed by atoms with van der Waals surface area (Å²) < 4.78 is 16.1. The molecule has 4 unspecified atom stereocenters. The molecule has 1 rings (SSSR count). The Morgan fingerprint density at radius 2 is 1.23 bits per heavy atom. The molecule has 3 heteroatoms. The molecule has 1 fully saturated rings. The summed E-state index contributed by atoms with van der Waals surface area (Å²) in [7, 11) is 5.25. The third kappa shape index (κ3) is 2.42. The molecule has 4 atom stereocenters. The van der Waals surface area contributed by atoms with Crippen molar-refractivity contribution >= 4 is 0 Å². The minimum Gasteiger partial charge on any atom is -0.381 e. The molecule has 78 valence electrons. The third-order valence-corrected chi connectivity index (χ3v) is 3.03. The third-order valence-electron chi connectivity index (χ3n) is 3.03. The summed E-state index contributed by atoms with van der Waals surface area (Å²) in [6.07, 6.45) is 2.69. The average Bonchev–Trinajstić information content (AvgIpc) is 2.17. The number of rotatable bonds is 3. The van der Waals surface area contributed by atoms with Crippen LogP contribution < -0.4 is 0 Å². The zero-order chi connectivity index (χ0) is 9.84. The first-order valence-electron chi connectivity index (χ1n) is 4.81. The van der Waals surface area contributed by atoms with Gasteiger partial charge in [-0.15, -0.1) is 0 Å². The largest absolute Gasteiger partial charge is 0.381 e. The van der Waals surface area contributed by atoms with Crippen LogP contribution in [0.5, 0.6) is 0 Å². The van der Waals surface area contributed by atoms with Crippen LogP contribution in [0.2, 0.25) is 0 Å². The lowest BCUT2D eigenvalue weighted by molar-refractivity contribution is -0.113. The van der Waals surface area contributed by atoms with Crippen molar-refractivity contribution in [1.29, 1.82) is 0 Å². The molecular weight excluding hydrogens is 168 g/mol. The van der Waals surface area contributed by atoms with Gasteiger partial charge in [0, 0.05) is 27.8 Å². The van der Waals surface area contributed by atoms with Gasteiger partial charge in [0.25, 0.3) is 0 Å². The maximum absolute atomic E-state index is 5.39. The summed E-state index contributed by atoms with van der Waals surface area (Å²) >= 11 is 0. The quantitative estimate of drug-likeness (QED) is 0.671. The van der Waals surface area contributed by atoms with Crippen LogP contribution >= 0.6 is 0 Å². The molecule has 1 aliphatic rings. The fraction of sp³-hybridized carbons (Fsp3) is 1.00. The second-order valence-electron chi connectivity index (χ2n) is 3.77. The summed E-state index contributed by atoms with van der Waals surface area (Å²) in [5, 5.41) is 0. The first-order chi connectivity index (χ1) is 6.22. The van der Waals surface area contributed by atoms with Crippen LogP contribution in [0.15, 0.2) is 0 Å². The molecule has 0 aromatic carbocycles. The number of methoxy groups -OCH3 is 3. The summed E-state index contributed by atoms with van der Waals surface area (Å²) in [5.74, 6) is 0.557. The van der Waals surface area contributed by atoms with Gasteiger partial charge in [-0.1, -0.05) is 6.92 Å². The van der Waals surface area contributed by atoms with E-state index in [2.05, 4.69) is 6.92 Å². The van der Waals surface area contributed by atoms with Crippen molar-refractivity contribution in [2.75, 3.05) is 21.3 Å². The number of ether oxygens (including phenoxy) is 3. The monoisotopic (exact) mass is 188 g/mol. The van der Waals surface area contributed by atoms with E-state index in [1.165, 1.54) is 0 Å². The van der Waals surface area contributed by atoms with Gasteiger partial charge in [0.15, 0.2) is 0 Å². The van der Waals surface area contributed by atoms with Crippen molar-refractivity contribution in [1.82, 2.24) is 0 Å². The molecule has 0 amide bonds. The summed E-state index contributed by atoms with van der Waals surface area (Å²) in [5.41, 5.74) is 0. The molecule has 0 bridgehead atoms. The zero-order valence-electron chi connectivity index (χ0n) is 8.95. The minimum absolute atomic E-state index is 0.186. The van der Waals surface area contributed by atoms with Gasteiger partial charge < -0.3 is 14.2 Å². The Kier molecular flexibility index (Phi) is 4.16. The van der Waals surface area contributed by atoms with E-state index < -0.39 is 0 Å². The molecule has 0 aromatic heterocycles. The fourth-order valence-corrected chi connectivity index (χ4v) is 2.11. The van der Waals surface area contributed by atoms with Gasteiger partial charge in [-0.2, -0.15) is 0 Å². The summed E-state index contributed by atoms with van der Waals surface area (Å²) in [6, 6.07) is 0. The molecule has 0 heterocycles. The van der Waals surface area contributed by atoms with Gasteiger partial charge in [-0.3, -0.25) is 0 Å². The van der Waals surface area contributed by atoms with E-state index in [9.17, 15) is 0 Å². The highest BCUT2D eigenvalue weighted by Gasteiger charge is 2.35. The molecule has 0 saturated heterocycles. The van der Waals surface area contributed by atoms with Crippen molar-refractivity contribution < 1.29 is 14.2 Å². The Hall–Kier alpha value is -0.120. The SMILES string of the molecule is COC1CC(OC)C(OC)CC1C. The van der Waals surface area contributed by atoms with Crippen LogP contribution in [0.4, 0.5) is 0 Å². The lowest BCUT2D eigenvalue weighted by Gasteiger charge is -2.37. The van der Waals surface area contributed by atoms with Crippen molar-refractivity contribution in [2.24, 2.45) is 5.92 Å². The highest BCUT2D eigenvalue weighted by molar-refractivity contribution is 4.85. The summed E-state index contributed by atoms with van der Waals surface area (Å²) in [4.78, 5) is 0. The van der Waals surface area contributed by atoms with Crippen molar-refractivity contribution in [3.63, 3.8) is 0 Å². The van der Waals surface area contributed by atoms with Crippen molar-refractivity contribution in [2.45, 2.75) is 38.1 Å². The topological polar surface area (TPSA) is 27.7 Å². The maximum Gasteiger partial charge on any atom is 0.0857 e. The Bertz CT molecular complexity index is 149. The zero-order valence-corrected chi connectivity index (χ0v) is 8.95. The lowest BCUT2D eigenvalue weighted by Crippen LogP contribution is -2.43. The van der Waals surface area contributed by atoms with Gasteiger partial charge in [0.05, 0.1) is 18.3 Å². The molecule has 3 nitrogen and oxygen atoms in total. The average molecular weight is 188 g/mol. The highest BCUT2D eigenvalue weighted by atomic mass is 16.5. The van der Waals surface area contributed by atoms with Crippen LogP contribution in [0.3, 0.4) is 0 Å². The molecular formula is C10H20O3.